The van der Waals surface area contributed by atoms with Gasteiger partial charge in [0.25, 0.3) is 0 Å². The fourth-order valence-corrected chi connectivity index (χ4v) is 0.906. The molecule has 0 unspecified atom stereocenters. The second kappa shape index (κ2) is 5.26. The van der Waals surface area contributed by atoms with E-state index in [1.165, 1.54) is 6.20 Å². The number of aromatic nitrogens is 2. The van der Waals surface area contributed by atoms with Crippen LogP contribution in [-0.4, -0.2) is 34.0 Å². The van der Waals surface area contributed by atoms with Crippen molar-refractivity contribution in [3.8, 4) is 0 Å². The maximum Gasteiger partial charge on any atom is 0.330 e. The van der Waals surface area contributed by atoms with Crippen LogP contribution in [0.4, 0.5) is 17.6 Å². The van der Waals surface area contributed by atoms with Gasteiger partial charge in [0.1, 0.15) is 19.0 Å². The second-order valence-electron chi connectivity index (χ2n) is 3.07. The molecule has 2 N–H and O–H groups in total. The zero-order valence-electron chi connectivity index (χ0n) is 8.09. The van der Waals surface area contributed by atoms with Crippen LogP contribution in [0.3, 0.4) is 0 Å². The van der Waals surface area contributed by atoms with Crippen molar-refractivity contribution in [1.29, 1.82) is 0 Å². The highest BCUT2D eigenvalue weighted by molar-refractivity contribution is 4.98. The Morgan fingerprint density at radius 3 is 2.69 bits per heavy atom. The summed E-state index contributed by atoms with van der Waals surface area (Å²) < 4.78 is 52.6. The van der Waals surface area contributed by atoms with Gasteiger partial charge in [-0.05, 0) is 0 Å². The van der Waals surface area contributed by atoms with E-state index in [4.69, 9.17) is 5.11 Å². The van der Waals surface area contributed by atoms with Crippen LogP contribution in [0, 0.1) is 0 Å². The molecule has 0 bridgehead atoms. The minimum atomic E-state index is -4.16. The smallest absolute Gasteiger partial charge is 0.330 e. The van der Waals surface area contributed by atoms with E-state index in [1.54, 1.807) is 0 Å². The molecule has 8 heteroatoms. The average Bonchev–Trinajstić information content (AvgIpc) is 2.65. The molecule has 1 aromatic rings. The number of ether oxygens (including phenoxy) is 1. The molecule has 0 spiro atoms. The average molecular weight is 242 g/mol. The molecule has 0 saturated heterocycles. The lowest BCUT2D eigenvalue weighted by Crippen LogP contribution is -2.32. The van der Waals surface area contributed by atoms with Crippen molar-refractivity contribution < 1.29 is 27.4 Å². The normalized spacial score (nSPS) is 12.4. The molecule has 0 aliphatic rings. The van der Waals surface area contributed by atoms with Crippen molar-refractivity contribution in [2.45, 2.75) is 25.6 Å². The first-order valence-corrected chi connectivity index (χ1v) is 4.33. The van der Waals surface area contributed by atoms with Crippen molar-refractivity contribution in [3.05, 3.63) is 17.7 Å². The van der Waals surface area contributed by atoms with Gasteiger partial charge in [0, 0.05) is 0 Å². The predicted molar refractivity (Wildman–Crippen MR) is 45.1 cm³/mol. The Morgan fingerprint density at radius 2 is 2.19 bits per heavy atom. The van der Waals surface area contributed by atoms with Gasteiger partial charge >= 0.3 is 12.3 Å². The van der Waals surface area contributed by atoms with Crippen LogP contribution in [0.15, 0.2) is 6.20 Å². The van der Waals surface area contributed by atoms with E-state index in [-0.39, 0.29) is 19.0 Å². The van der Waals surface area contributed by atoms with Crippen molar-refractivity contribution in [2.75, 3.05) is 6.61 Å². The maximum atomic E-state index is 12.4. The molecule has 0 radical (unpaired) electrons. The Kier molecular flexibility index (Phi) is 4.25. The van der Waals surface area contributed by atoms with Crippen molar-refractivity contribution in [3.63, 3.8) is 0 Å². The molecule has 1 aromatic heterocycles. The van der Waals surface area contributed by atoms with Crippen LogP contribution in [0.5, 0.6) is 0 Å². The number of aliphatic hydroxyl groups is 1. The summed E-state index contributed by atoms with van der Waals surface area (Å²) >= 11 is 0. The Balaban J connectivity index is 2.35. The summed E-state index contributed by atoms with van der Waals surface area (Å²) in [6, 6.07) is 0. The molecule has 0 aliphatic carbocycles. The van der Waals surface area contributed by atoms with Crippen molar-refractivity contribution in [2.24, 2.45) is 0 Å². The molecule has 92 valence electrons. The second-order valence-corrected chi connectivity index (χ2v) is 3.07. The molecule has 0 aromatic carbocycles. The summed E-state index contributed by atoms with van der Waals surface area (Å²) in [7, 11) is 0. The van der Waals surface area contributed by atoms with Crippen molar-refractivity contribution >= 4 is 0 Å². The fourth-order valence-electron chi connectivity index (χ4n) is 0.906. The van der Waals surface area contributed by atoms with Crippen LogP contribution in [0.25, 0.3) is 0 Å². The first-order valence-electron chi connectivity index (χ1n) is 4.33. The summed E-state index contributed by atoms with van der Waals surface area (Å²) in [5, 5.41) is 8.65. The Morgan fingerprint density at radius 1 is 1.50 bits per heavy atom. The number of nitrogens with zero attached hydrogens (tertiary/aromatic N) is 1. The van der Waals surface area contributed by atoms with E-state index in [2.05, 4.69) is 14.7 Å². The van der Waals surface area contributed by atoms with Crippen LogP contribution in [0.1, 0.15) is 11.5 Å². The highest BCUT2D eigenvalue weighted by Gasteiger charge is 2.40. The molecule has 4 nitrogen and oxygen atoms in total. The summed E-state index contributed by atoms with van der Waals surface area (Å²) in [4.78, 5) is 6.24. The number of aromatic amines is 1. The van der Waals surface area contributed by atoms with E-state index in [0.717, 1.165) is 0 Å². The minimum Gasteiger partial charge on any atom is -0.390 e. The lowest BCUT2D eigenvalue weighted by molar-refractivity contribution is -0.168. The molecule has 0 saturated carbocycles. The molecule has 0 atom stereocenters. The zero-order chi connectivity index (χ0) is 12.2. The third-order valence-electron chi connectivity index (χ3n) is 1.70. The fraction of sp³-hybridized carbons (Fsp3) is 0.625. The van der Waals surface area contributed by atoms with E-state index in [9.17, 15) is 17.6 Å². The molecular weight excluding hydrogens is 232 g/mol. The van der Waals surface area contributed by atoms with Gasteiger partial charge in [-0.3, -0.25) is 0 Å². The summed E-state index contributed by atoms with van der Waals surface area (Å²) in [6.07, 6.45) is -2.46. The van der Waals surface area contributed by atoms with Gasteiger partial charge < -0.3 is 14.8 Å². The summed E-state index contributed by atoms with van der Waals surface area (Å²) in [6.45, 7) is -2.00. The number of H-pyrrole nitrogens is 1. The third-order valence-corrected chi connectivity index (χ3v) is 1.70. The first-order chi connectivity index (χ1) is 7.45. The third kappa shape index (κ3) is 3.46. The largest absolute Gasteiger partial charge is 0.390 e. The first kappa shape index (κ1) is 12.9. The van der Waals surface area contributed by atoms with Crippen LogP contribution < -0.4 is 0 Å². The SMILES string of the molecule is OCc1cnc(COCC(F)(F)C(F)F)[nH]1. The monoisotopic (exact) mass is 242 g/mol. The zero-order valence-corrected chi connectivity index (χ0v) is 8.09. The van der Waals surface area contributed by atoms with Crippen LogP contribution in [0.2, 0.25) is 0 Å². The highest BCUT2D eigenvalue weighted by Crippen LogP contribution is 2.23. The Hall–Kier alpha value is -1.15. The number of hydrogen-bond donors (Lipinski definition) is 2. The summed E-state index contributed by atoms with van der Waals surface area (Å²) in [5.41, 5.74) is 0.388. The maximum absolute atomic E-state index is 12.4. The van der Waals surface area contributed by atoms with Gasteiger partial charge in [0.15, 0.2) is 0 Å². The number of rotatable bonds is 6. The topological polar surface area (TPSA) is 58.1 Å². The molecule has 1 rings (SSSR count). The number of halogens is 4. The summed E-state index contributed by atoms with van der Waals surface area (Å²) in [5.74, 6) is -3.97. The van der Waals surface area contributed by atoms with E-state index < -0.39 is 19.0 Å². The van der Waals surface area contributed by atoms with Gasteiger partial charge in [-0.15, -0.1) is 0 Å². The lowest BCUT2D eigenvalue weighted by Gasteiger charge is -2.14. The standard InChI is InChI=1S/C8H10F4N2O2/c9-7(10)8(11,12)4-16-3-6-13-1-5(2-15)14-6/h1,7,15H,2-4H2,(H,13,14). The highest BCUT2D eigenvalue weighted by atomic mass is 19.3. The number of alkyl halides is 4. The lowest BCUT2D eigenvalue weighted by atomic mass is 10.4. The van der Waals surface area contributed by atoms with Crippen LogP contribution in [-0.2, 0) is 18.0 Å². The number of imidazole rings is 1. The number of nitrogens with one attached hydrogen (secondary N) is 1. The van der Waals surface area contributed by atoms with Crippen LogP contribution >= 0.6 is 0 Å². The molecule has 0 fully saturated rings. The molecular formula is C8H10F4N2O2. The van der Waals surface area contributed by atoms with Gasteiger partial charge in [-0.25, -0.2) is 13.8 Å². The van der Waals surface area contributed by atoms with E-state index >= 15 is 0 Å². The molecule has 1 heterocycles. The van der Waals surface area contributed by atoms with Gasteiger partial charge in [-0.1, -0.05) is 0 Å². The predicted octanol–water partition coefficient (Wildman–Crippen LogP) is 1.32. The molecule has 16 heavy (non-hydrogen) atoms. The Bertz CT molecular complexity index is 330. The van der Waals surface area contributed by atoms with Crippen molar-refractivity contribution in [1.82, 2.24) is 9.97 Å². The van der Waals surface area contributed by atoms with Gasteiger partial charge in [-0.2, -0.15) is 8.78 Å². The molecule has 0 amide bonds. The number of aliphatic hydroxyl groups excluding tert-OH is 1. The minimum absolute atomic E-state index is 0.189. The van der Waals surface area contributed by atoms with Gasteiger partial charge in [0.05, 0.1) is 18.5 Å². The number of hydrogen-bond acceptors (Lipinski definition) is 3. The van der Waals surface area contributed by atoms with Gasteiger partial charge in [0.2, 0.25) is 0 Å². The van der Waals surface area contributed by atoms with E-state index in [0.29, 0.717) is 5.69 Å². The van der Waals surface area contributed by atoms with E-state index in [1.807, 2.05) is 0 Å². The quantitative estimate of drug-likeness (QED) is 0.739. The molecule has 0 aliphatic heterocycles. The Labute approximate surface area is 88.3 Å².